The van der Waals surface area contributed by atoms with Crippen molar-refractivity contribution in [1.82, 2.24) is 9.88 Å². The molecular weight excluding hydrogens is 465 g/mol. The molecule has 0 radical (unpaired) electrons. The number of pyridine rings is 1. The Kier molecular flexibility index (Phi) is 6.55. The Hall–Kier alpha value is -4.25. The van der Waals surface area contributed by atoms with Gasteiger partial charge in [0.1, 0.15) is 12.0 Å². The SMILES string of the molecule is COc1cc(/C=C2\SC(=O)N(Cc3ccc(F)cc3)C2=O)ccc1Oc1ccc([N+](=O)[O-])cn1. The maximum Gasteiger partial charge on any atom is 0.293 e. The van der Waals surface area contributed by atoms with E-state index in [0.29, 0.717) is 22.6 Å². The van der Waals surface area contributed by atoms with Gasteiger partial charge in [-0.3, -0.25) is 24.6 Å². The molecule has 11 heteroatoms. The number of methoxy groups -OCH3 is 1. The third kappa shape index (κ3) is 5.04. The Morgan fingerprint density at radius 1 is 1.12 bits per heavy atom. The molecule has 0 atom stereocenters. The second kappa shape index (κ2) is 9.71. The molecule has 1 aliphatic heterocycles. The van der Waals surface area contributed by atoms with E-state index in [4.69, 9.17) is 9.47 Å². The highest BCUT2D eigenvalue weighted by atomic mass is 32.2. The Balaban J connectivity index is 1.51. The van der Waals surface area contributed by atoms with Gasteiger partial charge in [0.25, 0.3) is 16.8 Å². The van der Waals surface area contributed by atoms with Crippen molar-refractivity contribution in [2.24, 2.45) is 0 Å². The summed E-state index contributed by atoms with van der Waals surface area (Å²) in [5.74, 6) is -0.0689. The van der Waals surface area contributed by atoms with Crippen LogP contribution in [0.5, 0.6) is 17.4 Å². The summed E-state index contributed by atoms with van der Waals surface area (Å²) in [6.07, 6.45) is 2.64. The highest BCUT2D eigenvalue weighted by Crippen LogP contribution is 2.36. The molecule has 0 bridgehead atoms. The molecule has 9 nitrogen and oxygen atoms in total. The van der Waals surface area contributed by atoms with E-state index in [1.807, 2.05) is 0 Å². The highest BCUT2D eigenvalue weighted by molar-refractivity contribution is 8.18. The van der Waals surface area contributed by atoms with Gasteiger partial charge >= 0.3 is 0 Å². The number of nitrogens with zero attached hydrogens (tertiary/aromatic N) is 3. The number of carbonyl (C=O) groups is 2. The van der Waals surface area contributed by atoms with Crippen LogP contribution in [-0.4, -0.2) is 33.1 Å². The van der Waals surface area contributed by atoms with Gasteiger partial charge < -0.3 is 9.47 Å². The van der Waals surface area contributed by atoms with Crippen molar-refractivity contribution in [2.45, 2.75) is 6.54 Å². The number of carbonyl (C=O) groups excluding carboxylic acids is 2. The summed E-state index contributed by atoms with van der Waals surface area (Å²) in [6, 6.07) is 13.1. The van der Waals surface area contributed by atoms with Crippen molar-refractivity contribution in [2.75, 3.05) is 7.11 Å². The van der Waals surface area contributed by atoms with Gasteiger partial charge in [-0.05, 0) is 53.2 Å². The topological polar surface area (TPSA) is 112 Å². The molecule has 0 spiro atoms. The van der Waals surface area contributed by atoms with Crippen LogP contribution in [0.2, 0.25) is 0 Å². The summed E-state index contributed by atoms with van der Waals surface area (Å²) < 4.78 is 24.1. The van der Waals surface area contributed by atoms with E-state index in [2.05, 4.69) is 4.98 Å². The van der Waals surface area contributed by atoms with Gasteiger partial charge in [-0.1, -0.05) is 18.2 Å². The van der Waals surface area contributed by atoms with Gasteiger partial charge in [0.2, 0.25) is 5.88 Å². The zero-order valence-corrected chi connectivity index (χ0v) is 18.5. The van der Waals surface area contributed by atoms with E-state index in [1.54, 1.807) is 24.3 Å². The molecular formula is C23H16FN3O6S. The first-order chi connectivity index (χ1) is 16.3. The number of imide groups is 1. The lowest BCUT2D eigenvalue weighted by Gasteiger charge is -2.12. The van der Waals surface area contributed by atoms with Gasteiger partial charge in [-0.15, -0.1) is 0 Å². The second-order valence-corrected chi connectivity index (χ2v) is 8.01. The lowest BCUT2D eigenvalue weighted by Crippen LogP contribution is -2.27. The van der Waals surface area contributed by atoms with Crippen LogP contribution in [0.4, 0.5) is 14.9 Å². The molecule has 2 amide bonds. The lowest BCUT2D eigenvalue weighted by atomic mass is 10.1. The van der Waals surface area contributed by atoms with E-state index in [1.165, 1.54) is 43.5 Å². The molecule has 4 rings (SSSR count). The first kappa shape index (κ1) is 22.9. The Bertz CT molecular complexity index is 1300. The Morgan fingerprint density at radius 3 is 2.53 bits per heavy atom. The summed E-state index contributed by atoms with van der Waals surface area (Å²) in [5.41, 5.74) is 1.06. The number of rotatable bonds is 7. The van der Waals surface area contributed by atoms with Gasteiger partial charge in [0.05, 0.1) is 23.5 Å². The zero-order valence-electron chi connectivity index (χ0n) is 17.6. The second-order valence-electron chi connectivity index (χ2n) is 7.02. The first-order valence-corrected chi connectivity index (χ1v) is 10.6. The molecule has 0 unspecified atom stereocenters. The molecule has 2 heterocycles. The van der Waals surface area contributed by atoms with Crippen molar-refractivity contribution in [1.29, 1.82) is 0 Å². The van der Waals surface area contributed by atoms with Crippen LogP contribution in [-0.2, 0) is 11.3 Å². The number of ether oxygens (including phenoxy) is 2. The minimum atomic E-state index is -0.562. The van der Waals surface area contributed by atoms with E-state index in [9.17, 15) is 24.1 Å². The van der Waals surface area contributed by atoms with Gasteiger partial charge in [-0.25, -0.2) is 9.37 Å². The average molecular weight is 481 g/mol. The number of halogens is 1. The number of benzene rings is 2. The minimum Gasteiger partial charge on any atom is -0.493 e. The van der Waals surface area contributed by atoms with E-state index < -0.39 is 21.9 Å². The third-order valence-corrected chi connectivity index (χ3v) is 5.67. The van der Waals surface area contributed by atoms with Crippen molar-refractivity contribution in [3.05, 3.63) is 92.8 Å². The quantitative estimate of drug-likeness (QED) is 0.258. The summed E-state index contributed by atoms with van der Waals surface area (Å²) >= 11 is 0.810. The minimum absolute atomic E-state index is 0.0423. The normalized spacial score (nSPS) is 14.5. The standard InChI is InChI=1S/C23H16FN3O6S/c1-32-19-10-15(4-8-18(19)33-21-9-7-17(12-25-21)27(30)31)11-20-22(28)26(23(29)34-20)13-14-2-5-16(24)6-3-14/h2-12H,13H2,1H3/b20-11-. The van der Waals surface area contributed by atoms with Crippen LogP contribution in [0.15, 0.2) is 65.7 Å². The van der Waals surface area contributed by atoms with Crippen molar-refractivity contribution >= 4 is 34.7 Å². The molecule has 172 valence electrons. The number of nitro groups is 1. The summed E-state index contributed by atoms with van der Waals surface area (Å²) in [6.45, 7) is 0.0423. The van der Waals surface area contributed by atoms with Gasteiger partial charge in [-0.2, -0.15) is 0 Å². The number of amides is 2. The predicted molar refractivity (Wildman–Crippen MR) is 122 cm³/mol. The van der Waals surface area contributed by atoms with E-state index in [-0.39, 0.29) is 23.0 Å². The fourth-order valence-electron chi connectivity index (χ4n) is 3.07. The average Bonchev–Trinajstić information content (AvgIpc) is 3.09. The Morgan fingerprint density at radius 2 is 1.88 bits per heavy atom. The monoisotopic (exact) mass is 481 g/mol. The molecule has 0 aliphatic carbocycles. The maximum atomic E-state index is 13.1. The maximum absolute atomic E-state index is 13.1. The van der Waals surface area contributed by atoms with Crippen molar-refractivity contribution < 1.29 is 28.4 Å². The van der Waals surface area contributed by atoms with Crippen LogP contribution in [0.1, 0.15) is 11.1 Å². The Labute approximate surface area is 197 Å². The highest BCUT2D eigenvalue weighted by Gasteiger charge is 2.35. The van der Waals surface area contributed by atoms with Crippen molar-refractivity contribution in [3.8, 4) is 17.4 Å². The third-order valence-electron chi connectivity index (χ3n) is 4.76. The molecule has 1 fully saturated rings. The molecule has 3 aromatic rings. The number of aromatic nitrogens is 1. The molecule has 1 aliphatic rings. The van der Waals surface area contributed by atoms with Crippen molar-refractivity contribution in [3.63, 3.8) is 0 Å². The fraction of sp³-hybridized carbons (Fsp3) is 0.0870. The molecule has 1 aromatic heterocycles. The smallest absolute Gasteiger partial charge is 0.293 e. The molecule has 1 saturated heterocycles. The summed E-state index contributed by atoms with van der Waals surface area (Å²) in [7, 11) is 1.44. The summed E-state index contributed by atoms with van der Waals surface area (Å²) in [4.78, 5) is 40.5. The van der Waals surface area contributed by atoms with E-state index in [0.717, 1.165) is 22.9 Å². The van der Waals surface area contributed by atoms with Crippen LogP contribution in [0.25, 0.3) is 6.08 Å². The van der Waals surface area contributed by atoms with Crippen LogP contribution in [0.3, 0.4) is 0 Å². The summed E-state index contributed by atoms with van der Waals surface area (Å²) in [5, 5.41) is 10.3. The van der Waals surface area contributed by atoms with Crippen LogP contribution in [0, 0.1) is 15.9 Å². The van der Waals surface area contributed by atoms with Gasteiger partial charge in [0, 0.05) is 12.1 Å². The largest absolute Gasteiger partial charge is 0.493 e. The number of hydrogen-bond acceptors (Lipinski definition) is 8. The molecule has 34 heavy (non-hydrogen) atoms. The first-order valence-electron chi connectivity index (χ1n) is 9.80. The van der Waals surface area contributed by atoms with Gasteiger partial charge in [0.15, 0.2) is 11.5 Å². The molecule has 2 aromatic carbocycles. The number of thioether (sulfide) groups is 1. The lowest BCUT2D eigenvalue weighted by molar-refractivity contribution is -0.385. The number of hydrogen-bond donors (Lipinski definition) is 0. The predicted octanol–water partition coefficient (Wildman–Crippen LogP) is 5.17. The molecule has 0 saturated carbocycles. The molecule has 0 N–H and O–H groups in total. The van der Waals surface area contributed by atoms with Crippen LogP contribution >= 0.6 is 11.8 Å². The zero-order chi connectivity index (χ0) is 24.2. The van der Waals surface area contributed by atoms with E-state index >= 15 is 0 Å². The van der Waals surface area contributed by atoms with Crippen LogP contribution < -0.4 is 9.47 Å². The fourth-order valence-corrected chi connectivity index (χ4v) is 3.91.